The summed E-state index contributed by atoms with van der Waals surface area (Å²) in [5.41, 5.74) is 1.75. The molecular weight excluding hydrogens is 246 g/mol. The van der Waals surface area contributed by atoms with Crippen LogP contribution in [0.25, 0.3) is 0 Å². The number of rotatable bonds is 6. The Balaban J connectivity index is 1.80. The number of nitrogens with one attached hydrogen (secondary N) is 1. The molecule has 7 heteroatoms. The summed E-state index contributed by atoms with van der Waals surface area (Å²) in [7, 11) is 1.59. The first-order valence-electron chi connectivity index (χ1n) is 5.97. The number of anilines is 1. The lowest BCUT2D eigenvalue weighted by Gasteiger charge is -2.02. The van der Waals surface area contributed by atoms with Crippen LogP contribution in [0.15, 0.2) is 24.8 Å². The van der Waals surface area contributed by atoms with Crippen molar-refractivity contribution in [3.8, 4) is 0 Å². The molecule has 2 rings (SSSR count). The molecule has 0 spiro atoms. The zero-order valence-electron chi connectivity index (χ0n) is 11.0. The highest BCUT2D eigenvalue weighted by Gasteiger charge is 2.05. The highest BCUT2D eigenvalue weighted by Crippen LogP contribution is 2.06. The number of methoxy groups -OCH3 is 1. The lowest BCUT2D eigenvalue weighted by molar-refractivity contribution is -0.116. The van der Waals surface area contributed by atoms with Crippen molar-refractivity contribution in [1.29, 1.82) is 0 Å². The molecule has 19 heavy (non-hydrogen) atoms. The SMILES string of the molecule is COCn1cc(NC(=O)CCn2cc(C)cn2)cn1. The van der Waals surface area contributed by atoms with Gasteiger partial charge in [0.25, 0.3) is 0 Å². The van der Waals surface area contributed by atoms with Gasteiger partial charge in [-0.3, -0.25) is 9.48 Å². The smallest absolute Gasteiger partial charge is 0.226 e. The van der Waals surface area contributed by atoms with Gasteiger partial charge in [0, 0.05) is 26.3 Å². The number of carbonyl (C=O) groups excluding carboxylic acids is 1. The van der Waals surface area contributed by atoms with Crippen molar-refractivity contribution in [3.05, 3.63) is 30.4 Å². The van der Waals surface area contributed by atoms with Gasteiger partial charge in [0.15, 0.2) is 0 Å². The molecule has 0 atom stereocenters. The fourth-order valence-corrected chi connectivity index (χ4v) is 1.66. The van der Waals surface area contributed by atoms with Crippen LogP contribution in [0, 0.1) is 6.92 Å². The summed E-state index contributed by atoms with van der Waals surface area (Å²) < 4.78 is 8.29. The number of ether oxygens (including phenoxy) is 1. The number of amides is 1. The lowest BCUT2D eigenvalue weighted by Crippen LogP contribution is -2.14. The molecule has 1 amide bonds. The summed E-state index contributed by atoms with van der Waals surface area (Å²) in [4.78, 5) is 11.7. The third-order valence-corrected chi connectivity index (χ3v) is 2.51. The second-order valence-corrected chi connectivity index (χ2v) is 4.27. The fourth-order valence-electron chi connectivity index (χ4n) is 1.66. The highest BCUT2D eigenvalue weighted by molar-refractivity contribution is 5.90. The Morgan fingerprint density at radius 1 is 1.32 bits per heavy atom. The zero-order chi connectivity index (χ0) is 13.7. The minimum absolute atomic E-state index is 0.0647. The molecule has 0 aromatic carbocycles. The Hall–Kier alpha value is -2.15. The van der Waals surface area contributed by atoms with Gasteiger partial charge in [0.2, 0.25) is 5.91 Å². The predicted octanol–water partition coefficient (Wildman–Crippen LogP) is 1.02. The molecule has 102 valence electrons. The van der Waals surface area contributed by atoms with Gasteiger partial charge >= 0.3 is 0 Å². The van der Waals surface area contributed by atoms with Gasteiger partial charge < -0.3 is 10.1 Å². The van der Waals surface area contributed by atoms with Crippen molar-refractivity contribution in [2.24, 2.45) is 0 Å². The Bertz CT molecular complexity index is 546. The van der Waals surface area contributed by atoms with Crippen molar-refractivity contribution in [2.75, 3.05) is 12.4 Å². The average molecular weight is 263 g/mol. The van der Waals surface area contributed by atoms with Gasteiger partial charge in [-0.05, 0) is 12.5 Å². The van der Waals surface area contributed by atoms with Gasteiger partial charge in [0.05, 0.1) is 24.3 Å². The molecule has 0 saturated heterocycles. The van der Waals surface area contributed by atoms with E-state index in [1.165, 1.54) is 0 Å². The summed E-state index contributed by atoms with van der Waals surface area (Å²) in [5, 5.41) is 10.9. The van der Waals surface area contributed by atoms with E-state index in [1.807, 2.05) is 13.1 Å². The van der Waals surface area contributed by atoms with Crippen LogP contribution in [-0.4, -0.2) is 32.6 Å². The van der Waals surface area contributed by atoms with Gasteiger partial charge in [0.1, 0.15) is 6.73 Å². The standard InChI is InChI=1S/C12H17N5O2/c1-10-5-13-16(7-10)4-3-12(18)15-11-6-14-17(8-11)9-19-2/h5-8H,3-4,9H2,1-2H3,(H,15,18). The molecule has 0 aliphatic carbocycles. The maximum Gasteiger partial charge on any atom is 0.226 e. The summed E-state index contributed by atoms with van der Waals surface area (Å²) in [6.45, 7) is 2.89. The summed E-state index contributed by atoms with van der Waals surface area (Å²) in [6.07, 6.45) is 7.36. The van der Waals surface area contributed by atoms with E-state index in [2.05, 4.69) is 15.5 Å². The summed E-state index contributed by atoms with van der Waals surface area (Å²) >= 11 is 0. The second kappa shape index (κ2) is 6.14. The van der Waals surface area contributed by atoms with Crippen molar-refractivity contribution < 1.29 is 9.53 Å². The van der Waals surface area contributed by atoms with Crippen molar-refractivity contribution in [2.45, 2.75) is 26.6 Å². The molecule has 2 heterocycles. The number of nitrogens with zero attached hydrogens (tertiary/aromatic N) is 4. The van der Waals surface area contributed by atoms with E-state index >= 15 is 0 Å². The van der Waals surface area contributed by atoms with Crippen LogP contribution in [0.1, 0.15) is 12.0 Å². The summed E-state index contributed by atoms with van der Waals surface area (Å²) in [6, 6.07) is 0. The monoisotopic (exact) mass is 263 g/mol. The average Bonchev–Trinajstić information content (AvgIpc) is 2.97. The molecule has 0 unspecified atom stereocenters. The van der Waals surface area contributed by atoms with E-state index in [0.717, 1.165) is 5.56 Å². The van der Waals surface area contributed by atoms with Crippen molar-refractivity contribution >= 4 is 11.6 Å². The molecule has 0 aliphatic heterocycles. The molecule has 1 N–H and O–H groups in total. The first kappa shape index (κ1) is 13.3. The Morgan fingerprint density at radius 2 is 2.11 bits per heavy atom. The van der Waals surface area contributed by atoms with Gasteiger partial charge in [-0.2, -0.15) is 10.2 Å². The fraction of sp³-hybridized carbons (Fsp3) is 0.417. The van der Waals surface area contributed by atoms with Crippen molar-refractivity contribution in [3.63, 3.8) is 0 Å². The van der Waals surface area contributed by atoms with Crippen LogP contribution < -0.4 is 5.32 Å². The largest absolute Gasteiger partial charge is 0.362 e. The van der Waals surface area contributed by atoms with Crippen LogP contribution in [0.3, 0.4) is 0 Å². The second-order valence-electron chi connectivity index (χ2n) is 4.27. The quantitative estimate of drug-likeness (QED) is 0.844. The first-order valence-corrected chi connectivity index (χ1v) is 5.97. The maximum atomic E-state index is 11.7. The van der Waals surface area contributed by atoms with Crippen LogP contribution in [-0.2, 0) is 22.8 Å². The highest BCUT2D eigenvalue weighted by atomic mass is 16.5. The minimum atomic E-state index is -0.0647. The van der Waals surface area contributed by atoms with E-state index in [1.54, 1.807) is 35.1 Å². The molecule has 2 aromatic rings. The molecule has 0 bridgehead atoms. The van der Waals surface area contributed by atoms with E-state index in [4.69, 9.17) is 4.74 Å². The number of carbonyl (C=O) groups is 1. The van der Waals surface area contributed by atoms with E-state index in [9.17, 15) is 4.79 Å². The topological polar surface area (TPSA) is 74.0 Å². The van der Waals surface area contributed by atoms with Crippen molar-refractivity contribution in [1.82, 2.24) is 19.6 Å². The van der Waals surface area contributed by atoms with Crippen LogP contribution in [0.2, 0.25) is 0 Å². The minimum Gasteiger partial charge on any atom is -0.362 e. The van der Waals surface area contributed by atoms with Gasteiger partial charge in [-0.1, -0.05) is 0 Å². The van der Waals surface area contributed by atoms with Gasteiger partial charge in [-0.25, -0.2) is 4.68 Å². The van der Waals surface area contributed by atoms with Crippen LogP contribution >= 0.6 is 0 Å². The lowest BCUT2D eigenvalue weighted by atomic mass is 10.4. The Kier molecular flexibility index (Phi) is 4.30. The summed E-state index contributed by atoms with van der Waals surface area (Å²) in [5.74, 6) is -0.0647. The van der Waals surface area contributed by atoms with E-state index < -0.39 is 0 Å². The molecule has 0 radical (unpaired) electrons. The van der Waals surface area contributed by atoms with E-state index in [-0.39, 0.29) is 5.91 Å². The molecule has 7 nitrogen and oxygen atoms in total. The Morgan fingerprint density at radius 3 is 2.79 bits per heavy atom. The zero-order valence-corrected chi connectivity index (χ0v) is 11.0. The predicted molar refractivity (Wildman–Crippen MR) is 69.4 cm³/mol. The molecule has 2 aromatic heterocycles. The maximum absolute atomic E-state index is 11.7. The normalized spacial score (nSPS) is 10.6. The Labute approximate surface area is 111 Å². The number of aromatic nitrogens is 4. The van der Waals surface area contributed by atoms with Gasteiger partial charge in [-0.15, -0.1) is 0 Å². The number of aryl methyl sites for hydroxylation is 2. The number of hydrogen-bond acceptors (Lipinski definition) is 4. The third kappa shape index (κ3) is 3.92. The molecule has 0 saturated carbocycles. The molecule has 0 fully saturated rings. The molecular formula is C12H17N5O2. The third-order valence-electron chi connectivity index (χ3n) is 2.51. The molecule has 0 aliphatic rings. The van der Waals surface area contributed by atoms with Crippen LogP contribution in [0.5, 0.6) is 0 Å². The van der Waals surface area contributed by atoms with E-state index in [0.29, 0.717) is 25.4 Å². The van der Waals surface area contributed by atoms with Crippen LogP contribution in [0.4, 0.5) is 5.69 Å². The number of hydrogen-bond donors (Lipinski definition) is 1. The first-order chi connectivity index (χ1) is 9.17.